The molecule has 0 amide bonds. The van der Waals surface area contributed by atoms with Crippen LogP contribution in [-0.4, -0.2) is 49.8 Å². The van der Waals surface area contributed by atoms with Crippen LogP contribution >= 0.6 is 0 Å². The fraction of sp³-hybridized carbons (Fsp3) is 0.304. The Labute approximate surface area is 185 Å². The van der Waals surface area contributed by atoms with E-state index in [-0.39, 0.29) is 24.6 Å². The first kappa shape index (κ1) is 20.7. The van der Waals surface area contributed by atoms with Crippen molar-refractivity contribution in [2.75, 3.05) is 26.3 Å². The van der Waals surface area contributed by atoms with Gasteiger partial charge in [-0.15, -0.1) is 0 Å². The summed E-state index contributed by atoms with van der Waals surface area (Å²) in [4.78, 5) is 16.7. The number of carbonyl (C=O) groups excluding carboxylic acids is 1. The molecule has 2 aromatic carbocycles. The maximum atomic E-state index is 13.4. The quantitative estimate of drug-likeness (QED) is 0.655. The van der Waals surface area contributed by atoms with Gasteiger partial charge in [-0.2, -0.15) is 18.0 Å². The van der Waals surface area contributed by atoms with E-state index in [0.29, 0.717) is 35.5 Å². The number of rotatable bonds is 3. The van der Waals surface area contributed by atoms with Crippen molar-refractivity contribution in [2.24, 2.45) is 0 Å². The van der Waals surface area contributed by atoms with Crippen LogP contribution in [0, 0.1) is 11.3 Å². The first-order valence-corrected chi connectivity index (χ1v) is 11.6. The lowest BCUT2D eigenvalue weighted by molar-refractivity contribution is 0.0698. The number of nitrogens with zero attached hydrogens (tertiary/aromatic N) is 2. The molecule has 0 atom stereocenters. The minimum absolute atomic E-state index is 0.145. The van der Waals surface area contributed by atoms with Crippen LogP contribution < -0.4 is 4.18 Å². The Morgan fingerprint density at radius 2 is 1.91 bits per heavy atom. The largest absolute Gasteiger partial charge is 0.385 e. The number of fused-ring (bicyclic) bond motifs is 4. The number of nitriles is 1. The first-order valence-electron chi connectivity index (χ1n) is 10.3. The van der Waals surface area contributed by atoms with Gasteiger partial charge in [0.25, 0.3) is 0 Å². The molecule has 2 heterocycles. The molecular formula is C23H21N3O5S. The zero-order valence-corrected chi connectivity index (χ0v) is 18.5. The minimum atomic E-state index is -3.97. The van der Waals surface area contributed by atoms with Gasteiger partial charge in [0.05, 0.1) is 30.4 Å². The molecule has 164 valence electrons. The summed E-state index contributed by atoms with van der Waals surface area (Å²) < 4.78 is 37.2. The van der Waals surface area contributed by atoms with Crippen molar-refractivity contribution in [2.45, 2.75) is 19.3 Å². The monoisotopic (exact) mass is 451 g/mol. The fourth-order valence-electron chi connectivity index (χ4n) is 4.48. The van der Waals surface area contributed by atoms with Crippen LogP contribution in [0.2, 0.25) is 0 Å². The normalized spacial score (nSPS) is 18.1. The van der Waals surface area contributed by atoms with E-state index >= 15 is 0 Å². The molecule has 0 spiro atoms. The van der Waals surface area contributed by atoms with Crippen molar-refractivity contribution in [3.8, 4) is 11.8 Å². The number of morpholine rings is 1. The Hall–Kier alpha value is -3.19. The molecule has 1 aliphatic heterocycles. The fourth-order valence-corrected chi connectivity index (χ4v) is 5.52. The summed E-state index contributed by atoms with van der Waals surface area (Å²) >= 11 is 0. The topological polar surface area (TPSA) is 112 Å². The van der Waals surface area contributed by atoms with Crippen LogP contribution in [-0.2, 0) is 20.5 Å². The van der Waals surface area contributed by atoms with Gasteiger partial charge in [-0.25, -0.2) is 0 Å². The highest BCUT2D eigenvalue weighted by molar-refractivity contribution is 7.84. The summed E-state index contributed by atoms with van der Waals surface area (Å²) in [5, 5.41) is 9.97. The van der Waals surface area contributed by atoms with E-state index in [1.165, 1.54) is 10.4 Å². The molecule has 0 unspecified atom stereocenters. The molecule has 1 N–H and O–H groups in total. The van der Waals surface area contributed by atoms with E-state index in [2.05, 4.69) is 11.1 Å². The molecule has 8 nitrogen and oxygen atoms in total. The lowest BCUT2D eigenvalue weighted by atomic mass is 9.71. The van der Waals surface area contributed by atoms with Crippen molar-refractivity contribution in [1.29, 1.82) is 5.26 Å². The lowest BCUT2D eigenvalue weighted by Gasteiger charge is -2.32. The van der Waals surface area contributed by atoms with E-state index in [0.717, 1.165) is 16.6 Å². The molecule has 0 saturated carbocycles. The van der Waals surface area contributed by atoms with Crippen LogP contribution in [0.1, 0.15) is 46.6 Å². The van der Waals surface area contributed by atoms with Gasteiger partial charge in [-0.3, -0.25) is 4.79 Å². The molecule has 2 aliphatic rings. The van der Waals surface area contributed by atoms with Gasteiger partial charge >= 0.3 is 10.3 Å². The Kier molecular flexibility index (Phi) is 4.64. The number of aromatic nitrogens is 1. The molecule has 1 aliphatic carbocycles. The predicted molar refractivity (Wildman–Crippen MR) is 117 cm³/mol. The van der Waals surface area contributed by atoms with E-state index in [4.69, 9.17) is 8.92 Å². The average Bonchev–Trinajstić information content (AvgIpc) is 3.18. The zero-order valence-electron chi connectivity index (χ0n) is 17.6. The third-order valence-corrected chi connectivity index (χ3v) is 7.58. The van der Waals surface area contributed by atoms with Gasteiger partial charge in [-0.1, -0.05) is 19.9 Å². The Balaban J connectivity index is 1.58. The van der Waals surface area contributed by atoms with Crippen LogP contribution in [0.25, 0.3) is 10.9 Å². The van der Waals surface area contributed by atoms with E-state index < -0.39 is 15.7 Å². The van der Waals surface area contributed by atoms with Crippen LogP contribution in [0.4, 0.5) is 0 Å². The van der Waals surface area contributed by atoms with Crippen molar-refractivity contribution in [3.05, 3.63) is 64.3 Å². The van der Waals surface area contributed by atoms with Crippen LogP contribution in [0.3, 0.4) is 0 Å². The van der Waals surface area contributed by atoms with E-state index in [1.54, 1.807) is 30.3 Å². The van der Waals surface area contributed by atoms with Gasteiger partial charge < -0.3 is 13.9 Å². The number of ketones is 1. The summed E-state index contributed by atoms with van der Waals surface area (Å²) in [6.07, 6.45) is 0. The van der Waals surface area contributed by atoms with E-state index in [9.17, 15) is 18.5 Å². The third kappa shape index (κ3) is 3.11. The number of hydrogen-bond donors (Lipinski definition) is 1. The first-order chi connectivity index (χ1) is 15.2. The Morgan fingerprint density at radius 1 is 1.16 bits per heavy atom. The number of benzene rings is 2. The smallest absolute Gasteiger partial charge is 0.379 e. The summed E-state index contributed by atoms with van der Waals surface area (Å²) in [5.41, 5.74) is 3.09. The second-order valence-electron chi connectivity index (χ2n) is 8.46. The van der Waals surface area contributed by atoms with Gasteiger partial charge in [0, 0.05) is 40.7 Å². The summed E-state index contributed by atoms with van der Waals surface area (Å²) in [6.45, 7) is 5.06. The number of carbonyl (C=O) groups is 1. The van der Waals surface area contributed by atoms with Crippen molar-refractivity contribution < 1.29 is 22.1 Å². The summed E-state index contributed by atoms with van der Waals surface area (Å²) in [7, 11) is -3.97. The lowest BCUT2D eigenvalue weighted by Crippen LogP contribution is -2.42. The third-order valence-electron chi connectivity index (χ3n) is 6.18. The second kappa shape index (κ2) is 7.17. The maximum Gasteiger partial charge on any atom is 0.385 e. The standard InChI is InChI=1S/C23H21N3O5S/c1-23(2)18-12-15(31-32(28,29)26-7-9-30-10-8-26)4-6-16(18)21(27)20-17-5-3-14(13-24)11-19(17)25-22(20)23/h3-6,11-12,25H,7-10H2,1-2H3. The molecule has 32 heavy (non-hydrogen) atoms. The molecule has 0 bridgehead atoms. The average molecular weight is 452 g/mol. The minimum Gasteiger partial charge on any atom is -0.379 e. The Bertz CT molecular complexity index is 1410. The van der Waals surface area contributed by atoms with E-state index in [1.807, 2.05) is 13.8 Å². The van der Waals surface area contributed by atoms with Crippen LogP contribution in [0.5, 0.6) is 5.75 Å². The summed E-state index contributed by atoms with van der Waals surface area (Å²) in [6, 6.07) is 12.1. The molecule has 9 heteroatoms. The predicted octanol–water partition coefficient (Wildman–Crippen LogP) is 2.87. The van der Waals surface area contributed by atoms with Crippen molar-refractivity contribution in [3.63, 3.8) is 0 Å². The molecule has 1 fully saturated rings. The maximum absolute atomic E-state index is 13.4. The second-order valence-corrected chi connectivity index (χ2v) is 10.00. The number of aromatic amines is 1. The van der Waals surface area contributed by atoms with Crippen molar-refractivity contribution >= 4 is 27.0 Å². The highest BCUT2D eigenvalue weighted by atomic mass is 32.2. The molecule has 1 saturated heterocycles. The van der Waals surface area contributed by atoms with Crippen molar-refractivity contribution in [1.82, 2.24) is 9.29 Å². The van der Waals surface area contributed by atoms with Gasteiger partial charge in [0.2, 0.25) is 0 Å². The molecule has 1 aromatic heterocycles. The molecule has 5 rings (SSSR count). The molecule has 0 radical (unpaired) electrons. The van der Waals surface area contributed by atoms with Gasteiger partial charge in [-0.05, 0) is 35.9 Å². The number of nitrogens with one attached hydrogen (secondary N) is 1. The van der Waals surface area contributed by atoms with Gasteiger partial charge in [0.15, 0.2) is 5.78 Å². The number of H-pyrrole nitrogens is 1. The SMILES string of the molecule is CC1(C)c2cc(OS(=O)(=O)N3CCOCC3)ccc2C(=O)c2c1[nH]c1cc(C#N)ccc21. The highest BCUT2D eigenvalue weighted by Crippen LogP contribution is 2.44. The van der Waals surface area contributed by atoms with Gasteiger partial charge in [0.1, 0.15) is 5.75 Å². The summed E-state index contributed by atoms with van der Waals surface area (Å²) in [5.74, 6) is 0.00955. The Morgan fingerprint density at radius 3 is 2.62 bits per heavy atom. The molecule has 3 aromatic rings. The molecular weight excluding hydrogens is 430 g/mol. The number of hydrogen-bond acceptors (Lipinski definition) is 6. The zero-order chi connectivity index (χ0) is 22.7. The van der Waals surface area contributed by atoms with Crippen LogP contribution in [0.15, 0.2) is 36.4 Å². The number of ether oxygens (including phenoxy) is 1. The highest BCUT2D eigenvalue weighted by Gasteiger charge is 2.40.